The summed E-state index contributed by atoms with van der Waals surface area (Å²) < 4.78 is 21.2. The quantitative estimate of drug-likeness (QED) is 0.532. The lowest BCUT2D eigenvalue weighted by Crippen LogP contribution is -2.11. The second kappa shape index (κ2) is 7.23. The highest BCUT2D eigenvalue weighted by Gasteiger charge is 2.19. The smallest absolute Gasteiger partial charge is 0.335 e. The van der Waals surface area contributed by atoms with E-state index in [1.165, 1.54) is 24.3 Å². The van der Waals surface area contributed by atoms with Crippen LogP contribution in [0.4, 0.5) is 10.2 Å². The Labute approximate surface area is 165 Å². The molecule has 0 aliphatic carbocycles. The van der Waals surface area contributed by atoms with Crippen LogP contribution in [0.15, 0.2) is 60.9 Å². The zero-order valence-corrected chi connectivity index (χ0v) is 15.4. The van der Waals surface area contributed by atoms with Gasteiger partial charge in [-0.15, -0.1) is 0 Å². The summed E-state index contributed by atoms with van der Waals surface area (Å²) in [7, 11) is 0. The third-order valence-electron chi connectivity index (χ3n) is 4.54. The van der Waals surface area contributed by atoms with Crippen molar-refractivity contribution in [2.75, 3.05) is 5.73 Å². The molecular weight excluding hydrogens is 375 g/mol. The highest BCUT2D eigenvalue weighted by molar-refractivity contribution is 5.88. The maximum atomic E-state index is 13.6. The number of fused-ring (bicyclic) bond motifs is 1. The first-order valence-corrected chi connectivity index (χ1v) is 8.82. The number of ether oxygens (including phenoxy) is 1. The molecule has 7 nitrogen and oxygen atoms in total. The first kappa shape index (κ1) is 18.4. The van der Waals surface area contributed by atoms with Crippen LogP contribution in [-0.4, -0.2) is 25.8 Å². The average molecular weight is 392 g/mol. The van der Waals surface area contributed by atoms with Crippen molar-refractivity contribution < 1.29 is 19.0 Å². The van der Waals surface area contributed by atoms with Crippen molar-refractivity contribution in [1.29, 1.82) is 0 Å². The largest absolute Gasteiger partial charge is 0.482 e. The van der Waals surface area contributed by atoms with Crippen molar-refractivity contribution in [2.24, 2.45) is 0 Å². The SMILES string of the molecule is C[C@H](Oc1cc2cc(F)ccc2nc1N)c1cc(C(=O)O)ccc1-n1cccn1. The number of aromatic nitrogens is 3. The lowest BCUT2D eigenvalue weighted by molar-refractivity contribution is 0.0696. The number of halogens is 1. The van der Waals surface area contributed by atoms with E-state index in [0.717, 1.165) is 0 Å². The topological polar surface area (TPSA) is 103 Å². The summed E-state index contributed by atoms with van der Waals surface area (Å²) in [4.78, 5) is 15.7. The summed E-state index contributed by atoms with van der Waals surface area (Å²) in [5.41, 5.74) is 7.97. The van der Waals surface area contributed by atoms with E-state index in [2.05, 4.69) is 10.1 Å². The van der Waals surface area contributed by atoms with Gasteiger partial charge in [0.25, 0.3) is 0 Å². The summed E-state index contributed by atoms with van der Waals surface area (Å²) >= 11 is 0. The first-order chi connectivity index (χ1) is 13.9. The Morgan fingerprint density at radius 2 is 2.07 bits per heavy atom. The second-order valence-electron chi connectivity index (χ2n) is 6.50. The summed E-state index contributed by atoms with van der Waals surface area (Å²) in [6.45, 7) is 1.77. The van der Waals surface area contributed by atoms with Crippen molar-refractivity contribution in [3.05, 3.63) is 77.9 Å². The molecule has 4 aromatic rings. The van der Waals surface area contributed by atoms with Gasteiger partial charge in [0.2, 0.25) is 0 Å². The van der Waals surface area contributed by atoms with Gasteiger partial charge in [-0.2, -0.15) is 5.10 Å². The molecule has 0 aliphatic heterocycles. The maximum Gasteiger partial charge on any atom is 0.335 e. The Morgan fingerprint density at radius 1 is 1.24 bits per heavy atom. The standard InChI is InChI=1S/C21H17FN4O3/c1-12(29-19-11-14-9-15(22)4-5-17(14)25-20(19)23)16-10-13(21(27)28)3-6-18(16)26-8-2-7-24-26/h2-12H,1H3,(H2,23,25)(H,27,28)/t12-/m0/s1. The van der Waals surface area contributed by atoms with E-state index in [1.54, 1.807) is 48.3 Å². The molecule has 0 aliphatic rings. The Balaban J connectivity index is 1.75. The Morgan fingerprint density at radius 3 is 2.79 bits per heavy atom. The first-order valence-electron chi connectivity index (χ1n) is 8.82. The number of nitrogens with two attached hydrogens (primary N) is 1. The fourth-order valence-corrected chi connectivity index (χ4v) is 3.12. The summed E-state index contributed by atoms with van der Waals surface area (Å²) in [5.74, 6) is -1.00. The van der Waals surface area contributed by atoms with E-state index in [0.29, 0.717) is 22.2 Å². The zero-order chi connectivity index (χ0) is 20.5. The molecule has 8 heteroatoms. The van der Waals surface area contributed by atoms with Gasteiger partial charge in [0.15, 0.2) is 11.6 Å². The van der Waals surface area contributed by atoms with E-state index >= 15 is 0 Å². The maximum absolute atomic E-state index is 13.6. The fraction of sp³-hybridized carbons (Fsp3) is 0.0952. The molecule has 146 valence electrons. The molecule has 29 heavy (non-hydrogen) atoms. The number of nitrogen functional groups attached to an aromatic ring is 1. The number of nitrogens with zero attached hydrogens (tertiary/aromatic N) is 3. The molecule has 4 rings (SSSR count). The van der Waals surface area contributed by atoms with Gasteiger partial charge in [0.1, 0.15) is 11.9 Å². The summed E-state index contributed by atoms with van der Waals surface area (Å²) in [5, 5.41) is 14.1. The van der Waals surface area contributed by atoms with E-state index < -0.39 is 17.9 Å². The van der Waals surface area contributed by atoms with Crippen molar-refractivity contribution in [1.82, 2.24) is 14.8 Å². The van der Waals surface area contributed by atoms with Gasteiger partial charge in [0, 0.05) is 23.3 Å². The molecule has 3 N–H and O–H groups in total. The Kier molecular flexibility index (Phi) is 4.59. The molecule has 0 fully saturated rings. The van der Waals surface area contributed by atoms with Gasteiger partial charge in [-0.1, -0.05) is 0 Å². The molecule has 0 amide bonds. The number of carboxylic acid groups (broad SMARTS) is 1. The minimum absolute atomic E-state index is 0.123. The van der Waals surface area contributed by atoms with Crippen LogP contribution in [0.3, 0.4) is 0 Å². The molecule has 0 saturated heterocycles. The third-order valence-corrected chi connectivity index (χ3v) is 4.54. The van der Waals surface area contributed by atoms with E-state index in [9.17, 15) is 14.3 Å². The van der Waals surface area contributed by atoms with Gasteiger partial charge in [-0.25, -0.2) is 18.9 Å². The number of anilines is 1. The minimum atomic E-state index is -1.05. The van der Waals surface area contributed by atoms with Crippen LogP contribution in [-0.2, 0) is 0 Å². The number of benzene rings is 2. The number of rotatable bonds is 5. The molecular formula is C21H17FN4O3. The van der Waals surface area contributed by atoms with Crippen LogP contribution in [0.2, 0.25) is 0 Å². The molecule has 2 heterocycles. The van der Waals surface area contributed by atoms with Gasteiger partial charge in [0.05, 0.1) is 16.8 Å². The average Bonchev–Trinajstić information content (AvgIpc) is 3.23. The number of carboxylic acids is 1. The lowest BCUT2D eigenvalue weighted by atomic mass is 10.0. The van der Waals surface area contributed by atoms with Crippen molar-refractivity contribution in [2.45, 2.75) is 13.0 Å². The van der Waals surface area contributed by atoms with Crippen LogP contribution in [0.25, 0.3) is 16.6 Å². The molecule has 2 aromatic heterocycles. The van der Waals surface area contributed by atoms with E-state index in [1.807, 2.05) is 0 Å². The lowest BCUT2D eigenvalue weighted by Gasteiger charge is -2.20. The van der Waals surface area contributed by atoms with Gasteiger partial charge < -0.3 is 15.6 Å². The summed E-state index contributed by atoms with van der Waals surface area (Å²) in [6, 6.07) is 12.3. The van der Waals surface area contributed by atoms with E-state index in [4.69, 9.17) is 10.5 Å². The van der Waals surface area contributed by atoms with Crippen LogP contribution >= 0.6 is 0 Å². The zero-order valence-electron chi connectivity index (χ0n) is 15.4. The van der Waals surface area contributed by atoms with Crippen LogP contribution in [0, 0.1) is 5.82 Å². The van der Waals surface area contributed by atoms with Crippen molar-refractivity contribution in [3.8, 4) is 11.4 Å². The number of carbonyl (C=O) groups is 1. The molecule has 0 bridgehead atoms. The number of hydrogen-bond acceptors (Lipinski definition) is 5. The van der Waals surface area contributed by atoms with E-state index in [-0.39, 0.29) is 17.1 Å². The minimum Gasteiger partial charge on any atom is -0.482 e. The number of pyridine rings is 1. The molecule has 2 aromatic carbocycles. The summed E-state index contributed by atoms with van der Waals surface area (Å²) in [6.07, 6.45) is 2.80. The number of aromatic carboxylic acids is 1. The van der Waals surface area contributed by atoms with Crippen LogP contribution in [0.1, 0.15) is 28.9 Å². The monoisotopic (exact) mass is 392 g/mol. The molecule has 1 atom stereocenters. The Bertz CT molecular complexity index is 1210. The molecule has 0 radical (unpaired) electrons. The molecule has 0 saturated carbocycles. The van der Waals surface area contributed by atoms with Crippen molar-refractivity contribution in [3.63, 3.8) is 0 Å². The van der Waals surface area contributed by atoms with Crippen LogP contribution in [0.5, 0.6) is 5.75 Å². The third kappa shape index (κ3) is 3.60. The predicted molar refractivity (Wildman–Crippen MR) is 106 cm³/mol. The van der Waals surface area contributed by atoms with Gasteiger partial charge >= 0.3 is 5.97 Å². The van der Waals surface area contributed by atoms with Crippen molar-refractivity contribution >= 4 is 22.7 Å². The van der Waals surface area contributed by atoms with Crippen LogP contribution < -0.4 is 10.5 Å². The molecule has 0 spiro atoms. The van der Waals surface area contributed by atoms with Gasteiger partial charge in [-0.3, -0.25) is 0 Å². The second-order valence-corrected chi connectivity index (χ2v) is 6.50. The van der Waals surface area contributed by atoms with Gasteiger partial charge in [-0.05, 0) is 55.5 Å². The fourth-order valence-electron chi connectivity index (χ4n) is 3.12. The molecule has 0 unspecified atom stereocenters. The normalized spacial score (nSPS) is 12.1. The Hall–Kier alpha value is -3.94. The predicted octanol–water partition coefficient (Wildman–Crippen LogP) is 3.98. The highest BCUT2D eigenvalue weighted by Crippen LogP contribution is 2.32. The number of hydrogen-bond donors (Lipinski definition) is 2. The highest BCUT2D eigenvalue weighted by atomic mass is 19.1.